The van der Waals surface area contributed by atoms with Crippen molar-refractivity contribution in [3.05, 3.63) is 34.1 Å². The average Bonchev–Trinajstić information content (AvgIpc) is 2.29. The van der Waals surface area contributed by atoms with Gasteiger partial charge in [-0.3, -0.25) is 11.3 Å². The largest absolute Gasteiger partial charge is 0.303 e. The second-order valence-corrected chi connectivity index (χ2v) is 6.06. The molecule has 0 fully saturated rings. The molecule has 1 rings (SSSR count). The molecule has 1 atom stereocenters. The summed E-state index contributed by atoms with van der Waals surface area (Å²) in [5.41, 5.74) is 3.61. The third kappa shape index (κ3) is 3.51. The van der Waals surface area contributed by atoms with Crippen molar-refractivity contribution in [3.63, 3.8) is 0 Å². The van der Waals surface area contributed by atoms with Crippen molar-refractivity contribution in [2.24, 2.45) is 5.84 Å². The molecule has 0 amide bonds. The number of rotatable bonds is 5. The Morgan fingerprint density at radius 2 is 2.06 bits per heavy atom. The van der Waals surface area contributed by atoms with E-state index in [4.69, 9.17) is 5.84 Å². The maximum atomic E-state index is 13.3. The number of nitrogens with one attached hydrogen (secondary N) is 1. The molecule has 1 aromatic rings. The Morgan fingerprint density at radius 1 is 1.44 bits per heavy atom. The average molecular weight is 318 g/mol. The van der Waals surface area contributed by atoms with Crippen LogP contribution in [0.3, 0.4) is 0 Å². The summed E-state index contributed by atoms with van der Waals surface area (Å²) in [6, 6.07) is 4.72. The van der Waals surface area contributed by atoms with E-state index in [0.717, 1.165) is 10.0 Å². The van der Waals surface area contributed by atoms with Gasteiger partial charge in [0.15, 0.2) is 0 Å². The molecule has 1 aromatic carbocycles. The molecule has 0 aliphatic rings. The lowest BCUT2D eigenvalue weighted by atomic mass is 9.88. The van der Waals surface area contributed by atoms with Crippen LogP contribution < -0.4 is 11.3 Å². The smallest absolute Gasteiger partial charge is 0.123 e. The van der Waals surface area contributed by atoms with Crippen molar-refractivity contribution in [1.82, 2.24) is 10.3 Å². The molecule has 0 spiro atoms. The van der Waals surface area contributed by atoms with Crippen molar-refractivity contribution < 1.29 is 4.39 Å². The topological polar surface area (TPSA) is 41.3 Å². The summed E-state index contributed by atoms with van der Waals surface area (Å²) in [6.07, 6.45) is 0.653. The molecule has 1 unspecified atom stereocenters. The van der Waals surface area contributed by atoms with Crippen molar-refractivity contribution in [2.75, 3.05) is 14.1 Å². The minimum atomic E-state index is -0.230. The second-order valence-electron chi connectivity index (χ2n) is 5.21. The van der Waals surface area contributed by atoms with Crippen molar-refractivity contribution in [1.29, 1.82) is 0 Å². The molecule has 0 heterocycles. The number of benzene rings is 1. The van der Waals surface area contributed by atoms with Gasteiger partial charge in [0.2, 0.25) is 0 Å². The number of nitrogens with two attached hydrogens (primary N) is 1. The lowest BCUT2D eigenvalue weighted by Crippen LogP contribution is -2.58. The summed E-state index contributed by atoms with van der Waals surface area (Å²) in [4.78, 5) is 2.10. The monoisotopic (exact) mass is 317 g/mol. The van der Waals surface area contributed by atoms with Gasteiger partial charge in [-0.1, -0.05) is 15.9 Å². The number of hydrazine groups is 1. The summed E-state index contributed by atoms with van der Waals surface area (Å²) in [5, 5.41) is 0. The molecule has 0 aliphatic heterocycles. The van der Waals surface area contributed by atoms with E-state index in [-0.39, 0.29) is 17.4 Å². The molecule has 0 saturated heterocycles. The Hall–Kier alpha value is -0.490. The molecule has 0 bridgehead atoms. The third-order valence-corrected chi connectivity index (χ3v) is 4.41. The Labute approximate surface area is 117 Å². The zero-order valence-corrected chi connectivity index (χ0v) is 12.9. The quantitative estimate of drug-likeness (QED) is 0.647. The molecule has 0 radical (unpaired) electrons. The van der Waals surface area contributed by atoms with Crippen LogP contribution in [0, 0.1) is 5.82 Å². The Morgan fingerprint density at radius 3 is 2.56 bits per heavy atom. The molecule has 3 N–H and O–H groups in total. The standard InChI is InChI=1S/C13H21BrFN3/c1-13(2,18(3)4)12(17-16)8-9-7-10(15)5-6-11(9)14/h5-7,12,17H,8,16H2,1-4H3. The first-order chi connectivity index (χ1) is 8.28. The van der Waals surface area contributed by atoms with E-state index in [1.54, 1.807) is 12.1 Å². The summed E-state index contributed by atoms with van der Waals surface area (Å²) in [6.45, 7) is 4.20. The van der Waals surface area contributed by atoms with Gasteiger partial charge in [-0.15, -0.1) is 0 Å². The van der Waals surface area contributed by atoms with Crippen LogP contribution in [0.5, 0.6) is 0 Å². The zero-order chi connectivity index (χ0) is 13.9. The minimum absolute atomic E-state index is 0.0191. The molecule has 102 valence electrons. The summed E-state index contributed by atoms with van der Waals surface area (Å²) in [5.74, 6) is 5.42. The number of halogens is 2. The van der Waals surface area contributed by atoms with Crippen LogP contribution in [-0.4, -0.2) is 30.6 Å². The minimum Gasteiger partial charge on any atom is -0.303 e. The van der Waals surface area contributed by atoms with E-state index in [0.29, 0.717) is 6.42 Å². The fourth-order valence-corrected chi connectivity index (χ4v) is 2.15. The van der Waals surface area contributed by atoms with E-state index in [1.807, 2.05) is 14.1 Å². The fraction of sp³-hybridized carbons (Fsp3) is 0.538. The van der Waals surface area contributed by atoms with E-state index < -0.39 is 0 Å². The van der Waals surface area contributed by atoms with Crippen LogP contribution in [0.2, 0.25) is 0 Å². The van der Waals surface area contributed by atoms with Crippen LogP contribution in [0.25, 0.3) is 0 Å². The van der Waals surface area contributed by atoms with Gasteiger partial charge in [0.05, 0.1) is 0 Å². The van der Waals surface area contributed by atoms with Gasteiger partial charge in [-0.2, -0.15) is 0 Å². The maximum Gasteiger partial charge on any atom is 0.123 e. The van der Waals surface area contributed by atoms with Crippen molar-refractivity contribution in [2.45, 2.75) is 31.8 Å². The Kier molecular flexibility index (Phi) is 5.28. The maximum absolute atomic E-state index is 13.3. The van der Waals surface area contributed by atoms with Gasteiger partial charge < -0.3 is 4.90 Å². The van der Waals surface area contributed by atoms with Gasteiger partial charge >= 0.3 is 0 Å². The molecule has 0 saturated carbocycles. The molecule has 0 aliphatic carbocycles. The summed E-state index contributed by atoms with van der Waals surface area (Å²) < 4.78 is 14.2. The molecular weight excluding hydrogens is 297 g/mol. The number of hydrogen-bond donors (Lipinski definition) is 2. The van der Waals surface area contributed by atoms with E-state index in [1.165, 1.54) is 6.07 Å². The predicted octanol–water partition coefficient (Wildman–Crippen LogP) is 2.30. The normalized spacial score (nSPS) is 14.0. The number of hydrogen-bond acceptors (Lipinski definition) is 3. The van der Waals surface area contributed by atoms with Gasteiger partial charge in [0.25, 0.3) is 0 Å². The third-order valence-electron chi connectivity index (χ3n) is 3.64. The highest BCUT2D eigenvalue weighted by molar-refractivity contribution is 9.10. The van der Waals surface area contributed by atoms with Crippen LogP contribution >= 0.6 is 15.9 Å². The Balaban J connectivity index is 2.96. The van der Waals surface area contributed by atoms with E-state index in [2.05, 4.69) is 40.1 Å². The van der Waals surface area contributed by atoms with Gasteiger partial charge in [-0.25, -0.2) is 4.39 Å². The zero-order valence-electron chi connectivity index (χ0n) is 11.3. The number of likely N-dealkylation sites (N-methyl/N-ethyl adjacent to an activating group) is 1. The van der Waals surface area contributed by atoms with Gasteiger partial charge in [0, 0.05) is 16.1 Å². The van der Waals surface area contributed by atoms with E-state index >= 15 is 0 Å². The first-order valence-corrected chi connectivity index (χ1v) is 6.65. The summed E-state index contributed by atoms with van der Waals surface area (Å²) in [7, 11) is 4.01. The highest BCUT2D eigenvalue weighted by Crippen LogP contribution is 2.24. The van der Waals surface area contributed by atoms with Crippen molar-refractivity contribution >= 4 is 15.9 Å². The molecule has 3 nitrogen and oxygen atoms in total. The highest BCUT2D eigenvalue weighted by Gasteiger charge is 2.31. The fourth-order valence-electron chi connectivity index (χ4n) is 1.74. The highest BCUT2D eigenvalue weighted by atomic mass is 79.9. The predicted molar refractivity (Wildman–Crippen MR) is 76.7 cm³/mol. The van der Waals surface area contributed by atoms with Gasteiger partial charge in [0.1, 0.15) is 5.82 Å². The lowest BCUT2D eigenvalue weighted by Gasteiger charge is -2.40. The molecule has 18 heavy (non-hydrogen) atoms. The SMILES string of the molecule is CN(C)C(C)(C)C(Cc1cc(F)ccc1Br)NN. The molecular formula is C13H21BrFN3. The van der Waals surface area contributed by atoms with E-state index in [9.17, 15) is 4.39 Å². The van der Waals surface area contributed by atoms with Crippen LogP contribution in [0.1, 0.15) is 19.4 Å². The molecule has 5 heteroatoms. The van der Waals surface area contributed by atoms with Crippen LogP contribution in [0.4, 0.5) is 4.39 Å². The number of nitrogens with zero attached hydrogens (tertiary/aromatic N) is 1. The second kappa shape index (κ2) is 6.10. The Bertz CT molecular complexity index is 407. The lowest BCUT2D eigenvalue weighted by molar-refractivity contribution is 0.137. The van der Waals surface area contributed by atoms with Crippen LogP contribution in [0.15, 0.2) is 22.7 Å². The first-order valence-electron chi connectivity index (χ1n) is 5.86. The van der Waals surface area contributed by atoms with Crippen LogP contribution in [-0.2, 0) is 6.42 Å². The first kappa shape index (κ1) is 15.6. The van der Waals surface area contributed by atoms with Crippen molar-refractivity contribution in [3.8, 4) is 0 Å². The summed E-state index contributed by atoms with van der Waals surface area (Å²) >= 11 is 3.44. The molecule has 0 aromatic heterocycles. The van der Waals surface area contributed by atoms with Gasteiger partial charge in [-0.05, 0) is 58.1 Å².